The summed E-state index contributed by atoms with van der Waals surface area (Å²) >= 11 is 0. The average Bonchev–Trinajstić information content (AvgIpc) is 2.36. The van der Waals surface area contributed by atoms with Gasteiger partial charge in [0.25, 0.3) is 0 Å². The Morgan fingerprint density at radius 1 is 1.30 bits per heavy atom. The van der Waals surface area contributed by atoms with Crippen LogP contribution in [-0.4, -0.2) is 33.3 Å². The van der Waals surface area contributed by atoms with E-state index in [-0.39, 0.29) is 5.75 Å². The van der Waals surface area contributed by atoms with Crippen molar-refractivity contribution in [3.63, 3.8) is 0 Å². The molecule has 0 aromatic heterocycles. The lowest BCUT2D eigenvalue weighted by atomic mass is 10.0. The molecule has 0 amide bonds. The zero-order chi connectivity index (χ0) is 15.0. The first kappa shape index (κ1) is 17.1. The molecule has 20 heavy (non-hydrogen) atoms. The minimum atomic E-state index is -3.11. The van der Waals surface area contributed by atoms with Crippen molar-refractivity contribution in [1.82, 2.24) is 10.0 Å². The van der Waals surface area contributed by atoms with E-state index in [9.17, 15) is 8.42 Å². The topological polar surface area (TPSA) is 58.2 Å². The minimum absolute atomic E-state index is 0.135. The lowest BCUT2D eigenvalue weighted by Gasteiger charge is -2.14. The van der Waals surface area contributed by atoms with Crippen molar-refractivity contribution in [3.8, 4) is 0 Å². The molecule has 0 radical (unpaired) electrons. The van der Waals surface area contributed by atoms with Crippen LogP contribution in [0.3, 0.4) is 0 Å². The standard InChI is InChI=1S/C15H26N2O2S/c1-4-17-20(18,19)11-10-16-14(3)8-9-15-7-5-6-13(2)12-15/h5-7,12,14,16-17H,4,8-11H2,1-3H3. The van der Waals surface area contributed by atoms with Crippen molar-refractivity contribution in [3.05, 3.63) is 35.4 Å². The van der Waals surface area contributed by atoms with Gasteiger partial charge in [0, 0.05) is 19.1 Å². The summed E-state index contributed by atoms with van der Waals surface area (Å²) in [6.07, 6.45) is 2.01. The van der Waals surface area contributed by atoms with Crippen molar-refractivity contribution < 1.29 is 8.42 Å². The van der Waals surface area contributed by atoms with E-state index in [1.165, 1.54) is 11.1 Å². The van der Waals surface area contributed by atoms with Gasteiger partial charge in [-0.05, 0) is 32.3 Å². The van der Waals surface area contributed by atoms with Gasteiger partial charge in [0.2, 0.25) is 10.0 Å². The summed E-state index contributed by atoms with van der Waals surface area (Å²) < 4.78 is 25.4. The number of nitrogens with one attached hydrogen (secondary N) is 2. The van der Waals surface area contributed by atoms with Gasteiger partial charge in [-0.25, -0.2) is 13.1 Å². The molecule has 1 rings (SSSR count). The lowest BCUT2D eigenvalue weighted by Crippen LogP contribution is -2.35. The highest BCUT2D eigenvalue weighted by Crippen LogP contribution is 2.07. The molecule has 0 heterocycles. The van der Waals surface area contributed by atoms with Crippen molar-refractivity contribution in [1.29, 1.82) is 0 Å². The van der Waals surface area contributed by atoms with Gasteiger partial charge in [-0.3, -0.25) is 0 Å². The number of sulfonamides is 1. The summed E-state index contributed by atoms with van der Waals surface area (Å²) in [6, 6.07) is 8.81. The van der Waals surface area contributed by atoms with Crippen molar-refractivity contribution in [2.75, 3.05) is 18.8 Å². The number of hydrogen-bond acceptors (Lipinski definition) is 3. The fourth-order valence-corrected chi connectivity index (χ4v) is 3.06. The first-order valence-electron chi connectivity index (χ1n) is 7.19. The van der Waals surface area contributed by atoms with Gasteiger partial charge in [0.15, 0.2) is 0 Å². The van der Waals surface area contributed by atoms with E-state index in [0.29, 0.717) is 19.1 Å². The Bertz CT molecular complexity index is 500. The molecule has 1 aromatic carbocycles. The van der Waals surface area contributed by atoms with E-state index in [1.54, 1.807) is 6.92 Å². The van der Waals surface area contributed by atoms with Crippen LogP contribution < -0.4 is 10.0 Å². The van der Waals surface area contributed by atoms with Gasteiger partial charge in [-0.15, -0.1) is 0 Å². The minimum Gasteiger partial charge on any atom is -0.313 e. The second kappa shape index (κ2) is 8.39. The maximum Gasteiger partial charge on any atom is 0.212 e. The second-order valence-corrected chi connectivity index (χ2v) is 7.13. The molecule has 0 saturated carbocycles. The van der Waals surface area contributed by atoms with Gasteiger partial charge in [-0.1, -0.05) is 36.8 Å². The molecule has 114 valence electrons. The van der Waals surface area contributed by atoms with Crippen LogP contribution in [0.5, 0.6) is 0 Å². The average molecular weight is 298 g/mol. The Labute approximate surface area is 123 Å². The van der Waals surface area contributed by atoms with Gasteiger partial charge < -0.3 is 5.32 Å². The van der Waals surface area contributed by atoms with Gasteiger partial charge in [0.05, 0.1) is 5.75 Å². The molecule has 0 bridgehead atoms. The molecule has 2 N–H and O–H groups in total. The highest BCUT2D eigenvalue weighted by molar-refractivity contribution is 7.89. The van der Waals surface area contributed by atoms with E-state index in [0.717, 1.165) is 12.8 Å². The summed E-state index contributed by atoms with van der Waals surface area (Å²) in [6.45, 7) is 6.91. The number of hydrogen-bond donors (Lipinski definition) is 2. The molecule has 1 aromatic rings. The van der Waals surface area contributed by atoms with E-state index in [1.807, 2.05) is 0 Å². The summed E-state index contributed by atoms with van der Waals surface area (Å²) in [5.74, 6) is 0.135. The van der Waals surface area contributed by atoms with Crippen LogP contribution in [0.25, 0.3) is 0 Å². The molecular weight excluding hydrogens is 272 g/mol. The SMILES string of the molecule is CCNS(=O)(=O)CCNC(C)CCc1cccc(C)c1. The van der Waals surface area contributed by atoms with Crippen LogP contribution in [0.2, 0.25) is 0 Å². The number of rotatable bonds is 9. The van der Waals surface area contributed by atoms with Crippen LogP contribution in [0.1, 0.15) is 31.4 Å². The fourth-order valence-electron chi connectivity index (χ4n) is 2.08. The molecule has 0 saturated heterocycles. The molecule has 1 unspecified atom stereocenters. The largest absolute Gasteiger partial charge is 0.313 e. The quantitative estimate of drug-likeness (QED) is 0.731. The number of aryl methyl sites for hydroxylation is 2. The molecule has 0 aliphatic carbocycles. The smallest absolute Gasteiger partial charge is 0.212 e. The molecule has 1 atom stereocenters. The Balaban J connectivity index is 2.25. The summed E-state index contributed by atoms with van der Waals surface area (Å²) in [7, 11) is -3.11. The third kappa shape index (κ3) is 7.03. The van der Waals surface area contributed by atoms with Crippen LogP contribution in [0.4, 0.5) is 0 Å². The number of benzene rings is 1. The fraction of sp³-hybridized carbons (Fsp3) is 0.600. The third-order valence-electron chi connectivity index (χ3n) is 3.18. The summed E-state index contributed by atoms with van der Waals surface area (Å²) in [5.41, 5.74) is 2.61. The Morgan fingerprint density at radius 3 is 2.70 bits per heavy atom. The van der Waals surface area contributed by atoms with Crippen molar-refractivity contribution in [2.45, 2.75) is 39.7 Å². The molecule has 0 fully saturated rings. The monoisotopic (exact) mass is 298 g/mol. The normalized spacial score (nSPS) is 13.3. The predicted octanol–water partition coefficient (Wildman–Crippen LogP) is 1.85. The Morgan fingerprint density at radius 2 is 2.05 bits per heavy atom. The van der Waals surface area contributed by atoms with Crippen LogP contribution >= 0.6 is 0 Å². The van der Waals surface area contributed by atoms with Crippen LogP contribution in [-0.2, 0) is 16.4 Å². The van der Waals surface area contributed by atoms with E-state index < -0.39 is 10.0 Å². The molecule has 5 heteroatoms. The predicted molar refractivity (Wildman–Crippen MR) is 84.4 cm³/mol. The van der Waals surface area contributed by atoms with Gasteiger partial charge >= 0.3 is 0 Å². The second-order valence-electron chi connectivity index (χ2n) is 5.20. The van der Waals surface area contributed by atoms with Crippen LogP contribution in [0.15, 0.2) is 24.3 Å². The Kier molecular flexibility index (Phi) is 7.19. The highest BCUT2D eigenvalue weighted by Gasteiger charge is 2.09. The van der Waals surface area contributed by atoms with E-state index >= 15 is 0 Å². The molecular formula is C15H26N2O2S. The molecule has 4 nitrogen and oxygen atoms in total. The Hall–Kier alpha value is -0.910. The molecule has 0 aliphatic heterocycles. The highest BCUT2D eigenvalue weighted by atomic mass is 32.2. The third-order valence-corrected chi connectivity index (χ3v) is 4.65. The summed E-state index contributed by atoms with van der Waals surface area (Å²) in [5, 5.41) is 3.26. The zero-order valence-corrected chi connectivity index (χ0v) is 13.5. The van der Waals surface area contributed by atoms with Gasteiger partial charge in [0.1, 0.15) is 0 Å². The first-order chi connectivity index (χ1) is 9.43. The first-order valence-corrected chi connectivity index (χ1v) is 8.84. The zero-order valence-electron chi connectivity index (χ0n) is 12.6. The van der Waals surface area contributed by atoms with Gasteiger partial charge in [-0.2, -0.15) is 0 Å². The maximum atomic E-state index is 11.5. The van der Waals surface area contributed by atoms with Crippen molar-refractivity contribution in [2.24, 2.45) is 0 Å². The van der Waals surface area contributed by atoms with Crippen molar-refractivity contribution >= 4 is 10.0 Å². The van der Waals surface area contributed by atoms with E-state index in [2.05, 4.69) is 48.2 Å². The molecule has 0 spiro atoms. The maximum absolute atomic E-state index is 11.5. The van der Waals surface area contributed by atoms with E-state index in [4.69, 9.17) is 0 Å². The molecule has 0 aliphatic rings. The summed E-state index contributed by atoms with van der Waals surface area (Å²) in [4.78, 5) is 0. The van der Waals surface area contributed by atoms with Crippen LogP contribution in [0, 0.1) is 6.92 Å². The lowest BCUT2D eigenvalue weighted by molar-refractivity contribution is 0.524.